The molecule has 2 unspecified atom stereocenters. The summed E-state index contributed by atoms with van der Waals surface area (Å²) in [4.78, 5) is 37.6. The average Bonchev–Trinajstić information content (AvgIpc) is 3.42. The summed E-state index contributed by atoms with van der Waals surface area (Å²) in [6, 6.07) is 0. The lowest BCUT2D eigenvalue weighted by Gasteiger charge is -2.25. The van der Waals surface area contributed by atoms with Crippen LogP contribution < -0.4 is 0 Å². The lowest BCUT2D eigenvalue weighted by molar-refractivity contribution is -0.870. The van der Waals surface area contributed by atoms with Crippen molar-refractivity contribution >= 4 is 17.9 Å². The number of unbranched alkanes of at least 4 members (excludes halogenated alkanes) is 40. The molecular formula is C70H130NO8+. The largest absolute Gasteiger partial charge is 0.477 e. The van der Waals surface area contributed by atoms with Gasteiger partial charge in [-0.3, -0.25) is 9.59 Å². The fraction of sp³-hybridized carbons (Fsp3) is 0.843. The van der Waals surface area contributed by atoms with Gasteiger partial charge >= 0.3 is 17.9 Å². The first-order valence-electron chi connectivity index (χ1n) is 33.8. The quantitative estimate of drug-likeness (QED) is 0.0211. The second-order valence-corrected chi connectivity index (χ2v) is 24.1. The van der Waals surface area contributed by atoms with Gasteiger partial charge in [-0.1, -0.05) is 281 Å². The van der Waals surface area contributed by atoms with Crippen LogP contribution in [0.2, 0.25) is 0 Å². The number of nitrogens with zero attached hydrogens (tertiary/aromatic N) is 1. The zero-order chi connectivity index (χ0) is 57.6. The molecule has 462 valence electrons. The van der Waals surface area contributed by atoms with Gasteiger partial charge in [0, 0.05) is 12.8 Å². The lowest BCUT2D eigenvalue weighted by Crippen LogP contribution is -2.40. The maximum atomic E-state index is 12.9. The molecule has 79 heavy (non-hydrogen) atoms. The summed E-state index contributed by atoms with van der Waals surface area (Å²) in [7, 11) is 5.98. The first-order valence-corrected chi connectivity index (χ1v) is 33.8. The van der Waals surface area contributed by atoms with Gasteiger partial charge in [0.15, 0.2) is 6.10 Å². The van der Waals surface area contributed by atoms with Crippen LogP contribution >= 0.6 is 0 Å². The molecule has 0 saturated heterocycles. The highest BCUT2D eigenvalue weighted by Gasteiger charge is 2.25. The third kappa shape index (κ3) is 62.7. The topological polar surface area (TPSA) is 108 Å². The highest BCUT2D eigenvalue weighted by molar-refractivity contribution is 5.71. The van der Waals surface area contributed by atoms with Crippen molar-refractivity contribution in [2.24, 2.45) is 0 Å². The van der Waals surface area contributed by atoms with Crippen LogP contribution in [0.1, 0.15) is 322 Å². The van der Waals surface area contributed by atoms with E-state index < -0.39 is 18.4 Å². The molecule has 0 heterocycles. The Kier molecular flexibility index (Phi) is 59.2. The predicted molar refractivity (Wildman–Crippen MR) is 337 cm³/mol. The number of hydrogen-bond donors (Lipinski definition) is 1. The normalized spacial score (nSPS) is 13.0. The molecule has 9 heteroatoms. The number of carboxylic acids is 1. The van der Waals surface area contributed by atoms with Crippen molar-refractivity contribution in [1.29, 1.82) is 0 Å². The Labute approximate surface area is 489 Å². The van der Waals surface area contributed by atoms with E-state index in [4.69, 9.17) is 18.9 Å². The Morgan fingerprint density at radius 1 is 0.380 bits per heavy atom. The zero-order valence-corrected chi connectivity index (χ0v) is 52.8. The van der Waals surface area contributed by atoms with Crippen molar-refractivity contribution in [3.8, 4) is 0 Å². The molecule has 0 aliphatic heterocycles. The SMILES string of the molecule is CCCCCCC/C=C\C/C=C\CCCCCCCCCCCCCCCCCCCC(=O)OC(COC(=O)CCCCCCCCCCCCCCC/C=C\C/C=C\CCCCCCC)COC(OCC[N+](C)(C)C)C(=O)O. The van der Waals surface area contributed by atoms with Crippen LogP contribution in [0.4, 0.5) is 0 Å². The van der Waals surface area contributed by atoms with Gasteiger partial charge in [0.2, 0.25) is 0 Å². The van der Waals surface area contributed by atoms with Gasteiger partial charge in [-0.25, -0.2) is 4.79 Å². The zero-order valence-electron chi connectivity index (χ0n) is 52.8. The van der Waals surface area contributed by atoms with E-state index in [0.717, 1.165) is 51.4 Å². The minimum Gasteiger partial charge on any atom is -0.477 e. The highest BCUT2D eigenvalue weighted by Crippen LogP contribution is 2.18. The monoisotopic (exact) mass is 1110 g/mol. The van der Waals surface area contributed by atoms with Crippen LogP contribution in [-0.2, 0) is 33.3 Å². The molecule has 0 fully saturated rings. The standard InChI is InChI=1S/C70H129NO8/c1-6-8-10-12-14-16-18-20-22-24-26-28-30-32-33-34-35-37-39-41-43-45-47-49-51-53-55-57-59-61-68(73)79-66(65-78-70(69(74)75)76-63-62-71(3,4)5)64-77-67(72)60-58-56-54-52-50-48-46-44-42-40-38-36-31-29-27-25-23-21-19-17-15-13-11-9-7-2/h18-21,24-27,66,70H,6-17,22-23,28-65H2,1-5H3/p+1/b20-18-,21-19-,26-24-,27-25-. The van der Waals surface area contributed by atoms with Gasteiger partial charge < -0.3 is 28.5 Å². The number of carbonyl (C=O) groups is 3. The Balaban J connectivity index is 4.11. The van der Waals surface area contributed by atoms with Crippen LogP contribution in [0.25, 0.3) is 0 Å². The summed E-state index contributed by atoms with van der Waals surface area (Å²) in [6.07, 6.45) is 75.0. The molecule has 0 aromatic heterocycles. The van der Waals surface area contributed by atoms with Crippen molar-refractivity contribution < 1.29 is 42.9 Å². The Morgan fingerprint density at radius 3 is 1.00 bits per heavy atom. The van der Waals surface area contributed by atoms with Crippen LogP contribution in [0.3, 0.4) is 0 Å². The number of aliphatic carboxylic acids is 1. The number of carboxylic acid groups (broad SMARTS) is 1. The summed E-state index contributed by atoms with van der Waals surface area (Å²) in [5, 5.41) is 9.74. The molecule has 0 bridgehead atoms. The van der Waals surface area contributed by atoms with Crippen LogP contribution in [0.5, 0.6) is 0 Å². The van der Waals surface area contributed by atoms with Crippen molar-refractivity contribution in [1.82, 2.24) is 0 Å². The number of carbonyl (C=O) groups excluding carboxylic acids is 2. The third-order valence-corrected chi connectivity index (χ3v) is 15.1. The van der Waals surface area contributed by atoms with E-state index in [2.05, 4.69) is 62.5 Å². The average molecular weight is 1110 g/mol. The number of allylic oxidation sites excluding steroid dienone is 8. The fourth-order valence-electron chi connectivity index (χ4n) is 9.84. The van der Waals surface area contributed by atoms with E-state index in [9.17, 15) is 19.5 Å². The van der Waals surface area contributed by atoms with Gasteiger partial charge in [-0.05, 0) is 77.0 Å². The molecule has 9 nitrogen and oxygen atoms in total. The minimum atomic E-state index is -1.51. The summed E-state index contributed by atoms with van der Waals surface area (Å²) < 4.78 is 23.0. The van der Waals surface area contributed by atoms with Gasteiger partial charge in [0.1, 0.15) is 13.2 Å². The molecule has 1 N–H and O–H groups in total. The fourth-order valence-corrected chi connectivity index (χ4v) is 9.84. The first-order chi connectivity index (χ1) is 38.6. The smallest absolute Gasteiger partial charge is 0.361 e. The molecule has 0 aliphatic carbocycles. The molecule has 2 atom stereocenters. The molecule has 0 rings (SSSR count). The molecule has 0 spiro atoms. The second-order valence-electron chi connectivity index (χ2n) is 24.1. The van der Waals surface area contributed by atoms with Gasteiger partial charge in [-0.15, -0.1) is 0 Å². The van der Waals surface area contributed by atoms with Crippen molar-refractivity contribution in [2.45, 2.75) is 334 Å². The van der Waals surface area contributed by atoms with Crippen molar-refractivity contribution in [3.05, 3.63) is 48.6 Å². The number of esters is 2. The number of likely N-dealkylation sites (N-methyl/N-ethyl adjacent to an activating group) is 1. The van der Waals surface area contributed by atoms with Gasteiger partial charge in [-0.2, -0.15) is 0 Å². The van der Waals surface area contributed by atoms with E-state index in [1.807, 2.05) is 21.1 Å². The van der Waals surface area contributed by atoms with Gasteiger partial charge in [0.25, 0.3) is 6.29 Å². The Bertz CT molecular complexity index is 1430. The van der Waals surface area contributed by atoms with Crippen molar-refractivity contribution in [3.63, 3.8) is 0 Å². The summed E-state index contributed by atoms with van der Waals surface area (Å²) in [6.45, 7) is 4.91. The van der Waals surface area contributed by atoms with E-state index >= 15 is 0 Å². The number of quaternary nitrogens is 1. The molecule has 0 aromatic rings. The Hall–Kier alpha value is -2.75. The molecular weight excluding hydrogens is 983 g/mol. The van der Waals surface area contributed by atoms with Crippen LogP contribution in [-0.4, -0.2) is 87.4 Å². The number of hydrogen-bond acceptors (Lipinski definition) is 7. The lowest BCUT2D eigenvalue weighted by atomic mass is 10.0. The molecule has 0 aliphatic rings. The van der Waals surface area contributed by atoms with Crippen molar-refractivity contribution in [2.75, 3.05) is 47.5 Å². The minimum absolute atomic E-state index is 0.179. The second kappa shape index (κ2) is 61.3. The van der Waals surface area contributed by atoms with E-state index in [-0.39, 0.29) is 38.2 Å². The molecule has 0 saturated carbocycles. The molecule has 0 aromatic carbocycles. The van der Waals surface area contributed by atoms with Crippen LogP contribution in [0.15, 0.2) is 48.6 Å². The summed E-state index contributed by atoms with van der Waals surface area (Å²) >= 11 is 0. The van der Waals surface area contributed by atoms with E-state index in [0.29, 0.717) is 17.4 Å². The maximum Gasteiger partial charge on any atom is 0.361 e. The summed E-state index contributed by atoms with van der Waals surface area (Å²) in [5.41, 5.74) is 0. The predicted octanol–water partition coefficient (Wildman–Crippen LogP) is 20.6. The molecule has 0 radical (unpaired) electrons. The first kappa shape index (κ1) is 76.2. The maximum absolute atomic E-state index is 12.9. The number of rotatable bonds is 63. The number of ether oxygens (including phenoxy) is 4. The highest BCUT2D eigenvalue weighted by atomic mass is 16.7. The van der Waals surface area contributed by atoms with E-state index in [1.54, 1.807) is 0 Å². The third-order valence-electron chi connectivity index (χ3n) is 15.1. The molecule has 0 amide bonds. The van der Waals surface area contributed by atoms with Crippen LogP contribution in [0, 0.1) is 0 Å². The summed E-state index contributed by atoms with van der Waals surface area (Å²) in [5.74, 6) is -1.99. The Morgan fingerprint density at radius 2 is 0.684 bits per heavy atom. The van der Waals surface area contributed by atoms with E-state index in [1.165, 1.54) is 244 Å². The van der Waals surface area contributed by atoms with Gasteiger partial charge in [0.05, 0.1) is 34.4 Å².